The Morgan fingerprint density at radius 1 is 0.548 bits per heavy atom. The van der Waals surface area contributed by atoms with Gasteiger partial charge in [-0.15, -0.1) is 0 Å². The fraction of sp³-hybridized carbons (Fsp3) is 0.841. The predicted molar refractivity (Wildman–Crippen MR) is 241 cm³/mol. The van der Waals surface area contributed by atoms with Crippen LogP contribution in [0.5, 0.6) is 0 Å². The number of ketones is 4. The zero-order chi connectivity index (χ0) is 49.3. The monoisotopic (exact) mass is 894 g/mol. The summed E-state index contributed by atoms with van der Waals surface area (Å²) >= 11 is 0. The van der Waals surface area contributed by atoms with E-state index < -0.39 is 11.9 Å². The first-order valence-electron chi connectivity index (χ1n) is 21.1. The Bertz CT molecular complexity index is 1200. The molecule has 0 fully saturated rings. The molecule has 0 saturated carbocycles. The molecule has 0 rings (SSSR count). The zero-order valence-electron chi connectivity index (χ0n) is 41.5. The van der Waals surface area contributed by atoms with E-state index >= 15 is 0 Å². The minimum atomic E-state index is -0.933. The number of hydrogen-bond acceptors (Lipinski definition) is 16. The highest BCUT2D eigenvalue weighted by Gasteiger charge is 2.18. The smallest absolute Gasteiger partial charge is 0.317 e. The van der Waals surface area contributed by atoms with Gasteiger partial charge in [-0.25, -0.2) is 0 Å². The van der Waals surface area contributed by atoms with Gasteiger partial charge in [0.25, 0.3) is 0 Å². The van der Waals surface area contributed by atoms with E-state index in [9.17, 15) is 33.6 Å². The van der Waals surface area contributed by atoms with Gasteiger partial charge >= 0.3 is 11.9 Å². The lowest BCUT2D eigenvalue weighted by atomic mass is 10.1. The predicted octanol–water partition coefficient (Wildman–Crippen LogP) is 3.24. The van der Waals surface area contributed by atoms with E-state index in [0.717, 1.165) is 6.54 Å². The maximum absolute atomic E-state index is 11.2. The lowest BCUT2D eigenvalue weighted by Gasteiger charge is -2.23. The summed E-state index contributed by atoms with van der Waals surface area (Å²) in [7, 11) is 1.34. The summed E-state index contributed by atoms with van der Waals surface area (Å²) in [5.74, 6) is -1.51. The van der Waals surface area contributed by atoms with Crippen LogP contribution in [-0.4, -0.2) is 177 Å². The van der Waals surface area contributed by atoms with Gasteiger partial charge in [0.1, 0.15) is 23.1 Å². The van der Waals surface area contributed by atoms with Crippen molar-refractivity contribution in [1.29, 1.82) is 0 Å². The average molecular weight is 894 g/mol. The Kier molecular flexibility index (Phi) is 37.1. The second-order valence-electron chi connectivity index (χ2n) is 18.7. The van der Waals surface area contributed by atoms with Crippen LogP contribution in [0.15, 0.2) is 0 Å². The van der Waals surface area contributed by atoms with E-state index in [1.165, 1.54) is 27.9 Å². The molecule has 18 nitrogen and oxygen atoms in total. The van der Waals surface area contributed by atoms with Crippen molar-refractivity contribution in [2.75, 3.05) is 92.4 Å². The fourth-order valence-corrected chi connectivity index (χ4v) is 4.59. The van der Waals surface area contributed by atoms with Gasteiger partial charge in [-0.1, -0.05) is 0 Å². The number of nitrogens with two attached hydrogens (primary N) is 1. The molecule has 1 amide bonds. The Morgan fingerprint density at radius 2 is 0.935 bits per heavy atom. The average Bonchev–Trinajstić information content (AvgIpc) is 3.03. The SMILES string of the molecule is CC(=O)CN(CCOC(C)(C)C)CC(=O)O.CC(=O)CN(CCOC(C)(C)C)CC(N)=O.CC(=O)CNCCOC(C)(C)C.COC(=O)CC(CC(C)=O)NCCOC(C)(C)C. The fourth-order valence-electron chi connectivity index (χ4n) is 4.59. The van der Waals surface area contributed by atoms with Crippen LogP contribution in [-0.2, 0) is 57.2 Å². The van der Waals surface area contributed by atoms with Crippen molar-refractivity contribution in [2.24, 2.45) is 5.73 Å². The molecule has 1 atom stereocenters. The van der Waals surface area contributed by atoms with Gasteiger partial charge < -0.3 is 45.2 Å². The third-order valence-corrected chi connectivity index (χ3v) is 6.95. The molecule has 0 heterocycles. The van der Waals surface area contributed by atoms with Crippen LogP contribution in [0, 0.1) is 0 Å². The Morgan fingerprint density at radius 3 is 1.26 bits per heavy atom. The third kappa shape index (κ3) is 61.1. The molecule has 1 unspecified atom stereocenters. The van der Waals surface area contributed by atoms with Crippen LogP contribution in [0.25, 0.3) is 0 Å². The molecule has 0 saturated heterocycles. The molecule has 366 valence electrons. The number of aliphatic carboxylic acids is 1. The Hall–Kier alpha value is -3.23. The second kappa shape index (κ2) is 35.2. The summed E-state index contributed by atoms with van der Waals surface area (Å²) in [5.41, 5.74) is 4.37. The number of esters is 1. The molecule has 0 radical (unpaired) electrons. The van der Waals surface area contributed by atoms with E-state index in [1.807, 2.05) is 83.1 Å². The van der Waals surface area contributed by atoms with E-state index in [4.69, 9.17) is 29.8 Å². The molecule has 0 bridgehead atoms. The Labute approximate surface area is 373 Å². The number of Topliss-reactive ketones (excluding diaryl/α,β-unsaturated/α-hetero) is 4. The third-order valence-electron chi connectivity index (χ3n) is 6.95. The number of rotatable bonds is 27. The number of nitrogens with zero attached hydrogens (tertiary/aromatic N) is 2. The largest absolute Gasteiger partial charge is 0.480 e. The van der Waals surface area contributed by atoms with Crippen LogP contribution in [0.4, 0.5) is 0 Å². The highest BCUT2D eigenvalue weighted by atomic mass is 16.5. The van der Waals surface area contributed by atoms with Crippen molar-refractivity contribution in [2.45, 2.75) is 152 Å². The molecule has 0 aromatic carbocycles. The molecular formula is C44H87N5O13. The number of methoxy groups -OCH3 is 1. The second-order valence-corrected chi connectivity index (χ2v) is 18.7. The molecule has 62 heavy (non-hydrogen) atoms. The molecule has 5 N–H and O–H groups in total. The maximum Gasteiger partial charge on any atom is 0.317 e. The molecule has 0 aromatic heterocycles. The number of ether oxygens (including phenoxy) is 5. The summed E-state index contributed by atoms with van der Waals surface area (Å²) < 4.78 is 26.6. The van der Waals surface area contributed by atoms with Crippen molar-refractivity contribution in [3.63, 3.8) is 0 Å². The van der Waals surface area contributed by atoms with Crippen LogP contribution >= 0.6 is 0 Å². The number of carbonyl (C=O) groups is 7. The van der Waals surface area contributed by atoms with E-state index in [-0.39, 0.29) is 90.1 Å². The normalized spacial score (nSPS) is 12.2. The first-order chi connectivity index (χ1) is 28.1. The van der Waals surface area contributed by atoms with Gasteiger partial charge in [0, 0.05) is 38.6 Å². The lowest BCUT2D eigenvalue weighted by Crippen LogP contribution is -2.39. The molecule has 0 aliphatic heterocycles. The zero-order valence-corrected chi connectivity index (χ0v) is 41.5. The van der Waals surface area contributed by atoms with Crippen molar-refractivity contribution in [1.82, 2.24) is 20.4 Å². The van der Waals surface area contributed by atoms with Gasteiger partial charge in [0.15, 0.2) is 0 Å². The van der Waals surface area contributed by atoms with Crippen LogP contribution in [0.2, 0.25) is 0 Å². The van der Waals surface area contributed by atoms with Crippen LogP contribution in [0.1, 0.15) is 124 Å². The molecule has 0 aliphatic carbocycles. The summed E-state index contributed by atoms with van der Waals surface area (Å²) in [6, 6.07) is -0.182. The molecule has 0 aromatic rings. The molecule has 18 heteroatoms. The van der Waals surface area contributed by atoms with Gasteiger partial charge in [0.2, 0.25) is 5.91 Å². The number of primary amides is 1. The van der Waals surface area contributed by atoms with Crippen molar-refractivity contribution < 1.29 is 62.4 Å². The summed E-state index contributed by atoms with van der Waals surface area (Å²) in [6.45, 7) is 34.8. The van der Waals surface area contributed by atoms with Gasteiger partial charge in [0.05, 0.1) is 95.1 Å². The number of nitrogens with one attached hydrogen (secondary N) is 2. The molecule has 0 aliphatic rings. The topological polar surface area (TPSA) is 242 Å². The number of carbonyl (C=O) groups excluding carboxylic acids is 6. The molecule has 0 spiro atoms. The first-order valence-corrected chi connectivity index (χ1v) is 21.1. The molecular weight excluding hydrogens is 807 g/mol. The highest BCUT2D eigenvalue weighted by Crippen LogP contribution is 2.08. The number of carboxylic acids is 1. The van der Waals surface area contributed by atoms with E-state index in [2.05, 4.69) is 15.4 Å². The van der Waals surface area contributed by atoms with E-state index in [1.54, 1.807) is 16.7 Å². The van der Waals surface area contributed by atoms with Crippen LogP contribution < -0.4 is 16.4 Å². The van der Waals surface area contributed by atoms with Gasteiger partial charge in [-0.3, -0.25) is 43.4 Å². The maximum atomic E-state index is 11.2. The van der Waals surface area contributed by atoms with Crippen molar-refractivity contribution in [3.05, 3.63) is 0 Å². The number of hydrogen-bond donors (Lipinski definition) is 4. The summed E-state index contributed by atoms with van der Waals surface area (Å²) in [4.78, 5) is 79.3. The van der Waals surface area contributed by atoms with Gasteiger partial charge in [-0.2, -0.15) is 0 Å². The van der Waals surface area contributed by atoms with Crippen LogP contribution in [0.3, 0.4) is 0 Å². The van der Waals surface area contributed by atoms with E-state index in [0.29, 0.717) is 59.0 Å². The van der Waals surface area contributed by atoms with Crippen molar-refractivity contribution in [3.8, 4) is 0 Å². The van der Waals surface area contributed by atoms with Crippen molar-refractivity contribution >= 4 is 41.0 Å². The first kappa shape index (κ1) is 65.4. The summed E-state index contributed by atoms with van der Waals surface area (Å²) in [5, 5.41) is 14.8. The minimum Gasteiger partial charge on any atom is -0.480 e. The summed E-state index contributed by atoms with van der Waals surface area (Å²) in [6.07, 6.45) is 0.524. The number of carboxylic acid groups (broad SMARTS) is 1. The lowest BCUT2D eigenvalue weighted by molar-refractivity contribution is -0.141. The standard InChI is InChI=1S/C13H25NO4.C11H22N2O3.C11H21NO4.C9H19NO2/c1-10(15)8-11(9-12(16)17-5)14-6-7-18-13(2,3)4;1-9(14)7-13(8-10(12)15)5-6-16-11(2,3)4;1-9(13)7-12(8-10(14)15)5-6-16-11(2,3)4;1-8(11)7-10-5-6-12-9(2,3)4/h11,14H,6-9H2,1-5H3;5-8H2,1-4H3,(H2,12,15);5-8H2,1-4H3,(H,14,15);10H,5-7H2,1-4H3. The van der Waals surface area contributed by atoms with Gasteiger partial charge in [-0.05, 0) is 111 Å². The Balaban J connectivity index is -0.000000365. The highest BCUT2D eigenvalue weighted by molar-refractivity contribution is 5.80. The quantitative estimate of drug-likeness (QED) is 0.0683. The number of amides is 1. The minimum absolute atomic E-state index is 0.0111.